The number of nitrogens with one attached hydrogen (secondary N) is 1. The molecule has 0 spiro atoms. The number of fused-ring (bicyclic) bond motifs is 1. The molecule has 0 radical (unpaired) electrons. The van der Waals surface area contributed by atoms with Gasteiger partial charge in [0, 0.05) is 29.1 Å². The van der Waals surface area contributed by atoms with E-state index in [1.54, 1.807) is 0 Å². The van der Waals surface area contributed by atoms with Gasteiger partial charge in [-0.05, 0) is 37.1 Å². The Morgan fingerprint density at radius 3 is 2.86 bits per heavy atom. The van der Waals surface area contributed by atoms with Crippen LogP contribution in [0.3, 0.4) is 0 Å². The van der Waals surface area contributed by atoms with Crippen molar-refractivity contribution in [3.05, 3.63) is 65.9 Å². The van der Waals surface area contributed by atoms with E-state index in [0.717, 1.165) is 17.7 Å². The van der Waals surface area contributed by atoms with Gasteiger partial charge < -0.3 is 9.72 Å². The quantitative estimate of drug-likeness (QED) is 0.685. The van der Waals surface area contributed by atoms with E-state index in [4.69, 9.17) is 4.74 Å². The molecule has 2 aromatic carbocycles. The van der Waals surface area contributed by atoms with Crippen LogP contribution in [0.1, 0.15) is 29.3 Å². The number of hydrogen-bond donors (Lipinski definition) is 1. The van der Waals surface area contributed by atoms with Crippen LogP contribution in [0.4, 0.5) is 0 Å². The van der Waals surface area contributed by atoms with Crippen LogP contribution in [0.5, 0.6) is 5.75 Å². The summed E-state index contributed by atoms with van der Waals surface area (Å²) in [5.74, 6) is 0.896. The number of Topliss-reactive ketones (excluding diaryl/α,β-unsaturated/α-hetero) is 1. The molecule has 0 aliphatic heterocycles. The molecule has 0 unspecified atom stereocenters. The van der Waals surface area contributed by atoms with Crippen LogP contribution in [0, 0.1) is 0 Å². The molecule has 3 heteroatoms. The number of ketones is 1. The van der Waals surface area contributed by atoms with Gasteiger partial charge in [-0.1, -0.05) is 30.3 Å². The van der Waals surface area contributed by atoms with E-state index in [-0.39, 0.29) is 5.78 Å². The van der Waals surface area contributed by atoms with Crippen molar-refractivity contribution in [2.24, 2.45) is 0 Å². The first-order valence-corrected chi connectivity index (χ1v) is 7.59. The lowest BCUT2D eigenvalue weighted by molar-refractivity contribution is 0.0982. The molecule has 3 nitrogen and oxygen atoms in total. The topological polar surface area (TPSA) is 42.1 Å². The van der Waals surface area contributed by atoms with Crippen LogP contribution in [0.25, 0.3) is 10.9 Å². The summed E-state index contributed by atoms with van der Waals surface area (Å²) < 4.78 is 5.45. The minimum Gasteiger partial charge on any atom is -0.494 e. The fourth-order valence-corrected chi connectivity index (χ4v) is 2.66. The van der Waals surface area contributed by atoms with E-state index in [9.17, 15) is 4.79 Å². The van der Waals surface area contributed by atoms with Crippen molar-refractivity contribution < 1.29 is 9.53 Å². The summed E-state index contributed by atoms with van der Waals surface area (Å²) in [7, 11) is 0. The third kappa shape index (κ3) is 3.03. The highest BCUT2D eigenvalue weighted by molar-refractivity contribution is 5.97. The van der Waals surface area contributed by atoms with Gasteiger partial charge in [0.25, 0.3) is 0 Å². The Hall–Kier alpha value is -2.55. The van der Waals surface area contributed by atoms with Crippen LogP contribution < -0.4 is 4.74 Å². The second kappa shape index (κ2) is 6.48. The third-order valence-electron chi connectivity index (χ3n) is 3.76. The summed E-state index contributed by atoms with van der Waals surface area (Å²) >= 11 is 0. The SMILES string of the molecule is CCOc1cccc(C(=O)CCc2c[nH]c3ccccc23)c1. The Balaban J connectivity index is 1.71. The Morgan fingerprint density at radius 1 is 1.14 bits per heavy atom. The Kier molecular flexibility index (Phi) is 4.24. The van der Waals surface area contributed by atoms with E-state index in [2.05, 4.69) is 11.1 Å². The summed E-state index contributed by atoms with van der Waals surface area (Å²) in [5, 5.41) is 1.19. The largest absolute Gasteiger partial charge is 0.494 e. The Labute approximate surface area is 129 Å². The number of carbonyl (C=O) groups is 1. The van der Waals surface area contributed by atoms with Crippen LogP contribution in [0.2, 0.25) is 0 Å². The van der Waals surface area contributed by atoms with E-state index in [1.807, 2.05) is 55.6 Å². The highest BCUT2D eigenvalue weighted by atomic mass is 16.5. The predicted octanol–water partition coefficient (Wildman–Crippen LogP) is 4.38. The summed E-state index contributed by atoms with van der Waals surface area (Å²) in [6.45, 7) is 2.54. The van der Waals surface area contributed by atoms with Gasteiger partial charge in [-0.3, -0.25) is 4.79 Å². The van der Waals surface area contributed by atoms with Gasteiger partial charge in [0.1, 0.15) is 5.75 Å². The second-order valence-corrected chi connectivity index (χ2v) is 5.24. The molecule has 0 saturated heterocycles. The van der Waals surface area contributed by atoms with Crippen molar-refractivity contribution in [3.8, 4) is 5.75 Å². The lowest BCUT2D eigenvalue weighted by Crippen LogP contribution is -2.02. The van der Waals surface area contributed by atoms with Gasteiger partial charge in [-0.25, -0.2) is 0 Å². The Morgan fingerprint density at radius 2 is 2.00 bits per heavy atom. The van der Waals surface area contributed by atoms with Gasteiger partial charge in [0.2, 0.25) is 0 Å². The number of H-pyrrole nitrogens is 1. The average Bonchev–Trinajstić information content (AvgIpc) is 2.96. The van der Waals surface area contributed by atoms with Crippen molar-refractivity contribution in [3.63, 3.8) is 0 Å². The van der Waals surface area contributed by atoms with Crippen LogP contribution in [0.15, 0.2) is 54.7 Å². The first kappa shape index (κ1) is 14.4. The number of ether oxygens (including phenoxy) is 1. The molecule has 3 aromatic rings. The van der Waals surface area contributed by atoms with Crippen LogP contribution in [-0.2, 0) is 6.42 Å². The number of aryl methyl sites for hydroxylation is 1. The van der Waals surface area contributed by atoms with E-state index in [0.29, 0.717) is 18.6 Å². The zero-order chi connectivity index (χ0) is 15.4. The predicted molar refractivity (Wildman–Crippen MR) is 88.6 cm³/mol. The first-order valence-electron chi connectivity index (χ1n) is 7.59. The number of rotatable bonds is 6. The van der Waals surface area contributed by atoms with E-state index in [1.165, 1.54) is 10.9 Å². The molecular formula is C19H19NO2. The van der Waals surface area contributed by atoms with Crippen molar-refractivity contribution in [2.45, 2.75) is 19.8 Å². The summed E-state index contributed by atoms with van der Waals surface area (Å²) in [6, 6.07) is 15.6. The molecule has 112 valence electrons. The fourth-order valence-electron chi connectivity index (χ4n) is 2.66. The summed E-state index contributed by atoms with van der Waals surface area (Å²) in [5.41, 5.74) is 3.01. The Bertz CT molecular complexity index is 789. The van der Waals surface area contributed by atoms with Crippen LogP contribution in [-0.4, -0.2) is 17.4 Å². The van der Waals surface area contributed by atoms with E-state index >= 15 is 0 Å². The van der Waals surface area contributed by atoms with Crippen molar-refractivity contribution in [1.29, 1.82) is 0 Å². The number of aromatic nitrogens is 1. The number of carbonyl (C=O) groups excluding carboxylic acids is 1. The second-order valence-electron chi connectivity index (χ2n) is 5.24. The average molecular weight is 293 g/mol. The molecule has 22 heavy (non-hydrogen) atoms. The zero-order valence-electron chi connectivity index (χ0n) is 12.6. The minimum absolute atomic E-state index is 0.145. The molecule has 0 amide bonds. The maximum absolute atomic E-state index is 12.4. The highest BCUT2D eigenvalue weighted by Gasteiger charge is 2.09. The normalized spacial score (nSPS) is 10.8. The van der Waals surface area contributed by atoms with Crippen molar-refractivity contribution >= 4 is 16.7 Å². The molecule has 0 fully saturated rings. The van der Waals surface area contributed by atoms with Gasteiger partial charge in [0.15, 0.2) is 5.78 Å². The van der Waals surface area contributed by atoms with Gasteiger partial charge in [0.05, 0.1) is 6.61 Å². The lowest BCUT2D eigenvalue weighted by Gasteiger charge is -2.05. The van der Waals surface area contributed by atoms with Crippen molar-refractivity contribution in [2.75, 3.05) is 6.61 Å². The molecule has 0 atom stereocenters. The fraction of sp³-hybridized carbons (Fsp3) is 0.211. The maximum Gasteiger partial charge on any atom is 0.163 e. The molecule has 1 heterocycles. The number of benzene rings is 2. The molecular weight excluding hydrogens is 274 g/mol. The number of hydrogen-bond acceptors (Lipinski definition) is 2. The lowest BCUT2D eigenvalue weighted by atomic mass is 10.0. The molecule has 0 aliphatic rings. The van der Waals surface area contributed by atoms with Crippen molar-refractivity contribution in [1.82, 2.24) is 4.98 Å². The van der Waals surface area contributed by atoms with Gasteiger partial charge >= 0.3 is 0 Å². The van der Waals surface area contributed by atoms with Gasteiger partial charge in [-0.15, -0.1) is 0 Å². The smallest absolute Gasteiger partial charge is 0.163 e. The molecule has 0 aliphatic carbocycles. The van der Waals surface area contributed by atoms with Crippen LogP contribution >= 0.6 is 0 Å². The highest BCUT2D eigenvalue weighted by Crippen LogP contribution is 2.20. The minimum atomic E-state index is 0.145. The monoisotopic (exact) mass is 293 g/mol. The number of para-hydroxylation sites is 1. The summed E-state index contributed by atoms with van der Waals surface area (Å²) in [6.07, 6.45) is 3.23. The molecule has 1 aromatic heterocycles. The molecule has 0 saturated carbocycles. The standard InChI is InChI=1S/C19H19NO2/c1-2-22-16-7-5-6-14(12-16)19(21)11-10-15-13-20-18-9-4-3-8-17(15)18/h3-9,12-13,20H,2,10-11H2,1H3. The van der Waals surface area contributed by atoms with E-state index < -0.39 is 0 Å². The molecule has 0 bridgehead atoms. The van der Waals surface area contributed by atoms with Gasteiger partial charge in [-0.2, -0.15) is 0 Å². The first-order chi connectivity index (χ1) is 10.8. The number of aromatic amines is 1. The third-order valence-corrected chi connectivity index (χ3v) is 3.76. The zero-order valence-corrected chi connectivity index (χ0v) is 12.6. The maximum atomic E-state index is 12.4. The molecule has 3 rings (SSSR count). The summed E-state index contributed by atoms with van der Waals surface area (Å²) in [4.78, 5) is 15.6. The molecule has 1 N–H and O–H groups in total.